The highest BCUT2D eigenvalue weighted by atomic mass is 16.5. The van der Waals surface area contributed by atoms with Crippen molar-refractivity contribution >= 4 is 0 Å². The lowest BCUT2D eigenvalue weighted by atomic mass is 9.57. The van der Waals surface area contributed by atoms with Crippen molar-refractivity contribution in [3.05, 3.63) is 88.6 Å². The van der Waals surface area contributed by atoms with Crippen LogP contribution in [0.1, 0.15) is 36.3 Å². The van der Waals surface area contributed by atoms with Crippen molar-refractivity contribution in [1.82, 2.24) is 0 Å². The number of nitrogens with two attached hydrogens (primary N) is 1. The third kappa shape index (κ3) is 3.43. The zero-order valence-electron chi connectivity index (χ0n) is 17.1. The molecule has 2 aliphatic rings. The van der Waals surface area contributed by atoms with E-state index in [4.69, 9.17) is 10.5 Å². The number of hydrogen-bond acceptors (Lipinski definition) is 5. The topological polar surface area (TPSA) is 107 Å². The van der Waals surface area contributed by atoms with Crippen LogP contribution in [-0.2, 0) is 6.61 Å². The molecule has 2 aliphatic carbocycles. The summed E-state index contributed by atoms with van der Waals surface area (Å²) in [5.74, 6) is 0.0897. The van der Waals surface area contributed by atoms with E-state index in [0.29, 0.717) is 17.9 Å². The Labute approximate surface area is 182 Å². The van der Waals surface area contributed by atoms with Gasteiger partial charge in [-0.2, -0.15) is 15.8 Å². The number of fused-ring (bicyclic) bond motifs is 1. The minimum absolute atomic E-state index is 0.0602. The number of hydrogen-bond donors (Lipinski definition) is 1. The minimum atomic E-state index is -1.59. The predicted octanol–water partition coefficient (Wildman–Crippen LogP) is 4.86. The third-order valence-corrected chi connectivity index (χ3v) is 6.26. The Morgan fingerprint density at radius 3 is 2.52 bits per heavy atom. The first-order valence-corrected chi connectivity index (χ1v) is 10.3. The van der Waals surface area contributed by atoms with E-state index in [0.717, 1.165) is 36.0 Å². The van der Waals surface area contributed by atoms with E-state index in [1.165, 1.54) is 0 Å². The van der Waals surface area contributed by atoms with E-state index in [2.05, 4.69) is 18.2 Å². The van der Waals surface area contributed by atoms with Crippen LogP contribution in [0.15, 0.2) is 77.5 Å². The summed E-state index contributed by atoms with van der Waals surface area (Å²) in [6.45, 7) is 0.422. The molecule has 31 heavy (non-hydrogen) atoms. The Balaban J connectivity index is 1.77. The second-order valence-corrected chi connectivity index (χ2v) is 7.95. The first-order valence-electron chi connectivity index (χ1n) is 10.3. The van der Waals surface area contributed by atoms with Gasteiger partial charge in [0.1, 0.15) is 18.4 Å². The van der Waals surface area contributed by atoms with Gasteiger partial charge in [0, 0.05) is 5.92 Å². The van der Waals surface area contributed by atoms with E-state index in [-0.39, 0.29) is 11.6 Å². The molecule has 0 saturated carbocycles. The summed E-state index contributed by atoms with van der Waals surface area (Å²) in [7, 11) is 0. The van der Waals surface area contributed by atoms with Crippen molar-refractivity contribution in [2.45, 2.75) is 31.8 Å². The molecule has 2 aromatic rings. The molecule has 0 spiro atoms. The van der Waals surface area contributed by atoms with Gasteiger partial charge in [-0.25, -0.2) is 0 Å². The second-order valence-electron chi connectivity index (χ2n) is 7.95. The summed E-state index contributed by atoms with van der Waals surface area (Å²) in [4.78, 5) is 0. The lowest BCUT2D eigenvalue weighted by Gasteiger charge is -2.43. The Morgan fingerprint density at radius 1 is 1.03 bits per heavy atom. The zero-order valence-corrected chi connectivity index (χ0v) is 17.1. The smallest absolute Gasteiger partial charge is 0.191 e. The van der Waals surface area contributed by atoms with Gasteiger partial charge in [0.15, 0.2) is 5.41 Å². The third-order valence-electron chi connectivity index (χ3n) is 6.26. The Kier molecular flexibility index (Phi) is 5.48. The van der Waals surface area contributed by atoms with Gasteiger partial charge >= 0.3 is 0 Å². The number of rotatable bonds is 4. The highest BCUT2D eigenvalue weighted by Gasteiger charge is 2.53. The molecule has 4 rings (SSSR count). The molecule has 2 atom stereocenters. The van der Waals surface area contributed by atoms with E-state index < -0.39 is 11.3 Å². The molecule has 0 heterocycles. The van der Waals surface area contributed by atoms with Crippen LogP contribution in [0.25, 0.3) is 0 Å². The molecule has 0 aliphatic heterocycles. The molecule has 0 fully saturated rings. The molecule has 0 radical (unpaired) electrons. The summed E-state index contributed by atoms with van der Waals surface area (Å²) >= 11 is 0. The van der Waals surface area contributed by atoms with Crippen molar-refractivity contribution in [1.29, 1.82) is 15.8 Å². The molecule has 5 heteroatoms. The Bertz CT molecular complexity index is 1160. The molecule has 0 bridgehead atoms. The number of allylic oxidation sites excluding steroid dienone is 4. The maximum absolute atomic E-state index is 10.1. The molecule has 0 aromatic heterocycles. The standard InChI is InChI=1S/C26H22N4O/c27-14-23-21-11-4-5-12-22(21)24(26(16-28,17-29)25(23)30)19-9-6-10-20(13-19)31-15-18-7-2-1-3-8-18/h1-3,6-11,13,22,24H,4-5,12,15,30H2/t22-,24-/m1/s1. The van der Waals surface area contributed by atoms with E-state index in [1.54, 1.807) is 0 Å². The SMILES string of the molecule is N#CC1=C(N)C(C#N)(C#N)[C@H](c2cccc(OCc3ccccc3)c2)[C@@H]2CCCC=C12. The largest absolute Gasteiger partial charge is 0.489 e. The van der Waals surface area contributed by atoms with Crippen molar-refractivity contribution in [3.63, 3.8) is 0 Å². The average molecular weight is 406 g/mol. The van der Waals surface area contributed by atoms with E-state index >= 15 is 0 Å². The predicted molar refractivity (Wildman–Crippen MR) is 116 cm³/mol. The van der Waals surface area contributed by atoms with Crippen LogP contribution in [0.3, 0.4) is 0 Å². The normalized spacial score (nSPS) is 21.6. The molecule has 0 unspecified atom stereocenters. The van der Waals surface area contributed by atoms with Gasteiger partial charge in [-0.1, -0.05) is 48.5 Å². The van der Waals surface area contributed by atoms with Gasteiger partial charge in [-0.3, -0.25) is 0 Å². The highest BCUT2D eigenvalue weighted by molar-refractivity contribution is 5.59. The molecular weight excluding hydrogens is 384 g/mol. The first-order chi connectivity index (χ1) is 15.1. The fourth-order valence-electron chi connectivity index (χ4n) is 4.79. The molecule has 2 aromatic carbocycles. The molecule has 152 valence electrons. The fraction of sp³-hybridized carbons (Fsp3) is 0.269. The minimum Gasteiger partial charge on any atom is -0.489 e. The summed E-state index contributed by atoms with van der Waals surface area (Å²) < 4.78 is 5.99. The number of ether oxygens (including phenoxy) is 1. The summed E-state index contributed by atoms with van der Waals surface area (Å²) in [6.07, 6.45) is 4.65. The van der Waals surface area contributed by atoms with Gasteiger partial charge in [-0.05, 0) is 54.0 Å². The van der Waals surface area contributed by atoms with Gasteiger partial charge in [0.2, 0.25) is 0 Å². The molecule has 5 nitrogen and oxygen atoms in total. The van der Waals surface area contributed by atoms with Crippen molar-refractivity contribution < 1.29 is 4.74 Å². The molecule has 0 amide bonds. The number of nitrogens with zero attached hydrogens (tertiary/aromatic N) is 3. The number of benzene rings is 2. The lowest BCUT2D eigenvalue weighted by molar-refractivity contribution is 0.299. The first kappa shape index (κ1) is 20.3. The van der Waals surface area contributed by atoms with Gasteiger partial charge in [-0.15, -0.1) is 0 Å². The maximum Gasteiger partial charge on any atom is 0.191 e. The quantitative estimate of drug-likeness (QED) is 0.780. The zero-order chi connectivity index (χ0) is 21.8. The van der Waals surface area contributed by atoms with Crippen LogP contribution < -0.4 is 10.5 Å². The van der Waals surface area contributed by atoms with Gasteiger partial charge in [0.05, 0.1) is 23.4 Å². The van der Waals surface area contributed by atoms with Crippen LogP contribution in [0, 0.1) is 45.3 Å². The fourth-order valence-corrected chi connectivity index (χ4v) is 4.79. The van der Waals surface area contributed by atoms with E-state index in [1.807, 2.05) is 60.7 Å². The summed E-state index contributed by atoms with van der Waals surface area (Å²) in [6, 6.07) is 23.9. The van der Waals surface area contributed by atoms with Crippen LogP contribution in [0.5, 0.6) is 5.75 Å². The van der Waals surface area contributed by atoms with Crippen molar-refractivity contribution in [2.24, 2.45) is 17.1 Å². The average Bonchev–Trinajstić information content (AvgIpc) is 2.83. The number of nitriles is 3. The summed E-state index contributed by atoms with van der Waals surface area (Å²) in [5.41, 5.74) is 7.84. The monoisotopic (exact) mass is 406 g/mol. The Morgan fingerprint density at radius 2 is 1.81 bits per heavy atom. The molecular formula is C26H22N4O. The van der Waals surface area contributed by atoms with E-state index in [9.17, 15) is 15.8 Å². The maximum atomic E-state index is 10.1. The second kappa shape index (κ2) is 8.39. The highest BCUT2D eigenvalue weighted by Crippen LogP contribution is 2.56. The van der Waals surface area contributed by atoms with Crippen LogP contribution in [0.4, 0.5) is 0 Å². The van der Waals surface area contributed by atoms with Crippen LogP contribution in [0.2, 0.25) is 0 Å². The van der Waals surface area contributed by atoms with Crippen LogP contribution in [-0.4, -0.2) is 0 Å². The van der Waals surface area contributed by atoms with Crippen molar-refractivity contribution in [2.75, 3.05) is 0 Å². The van der Waals surface area contributed by atoms with Crippen molar-refractivity contribution in [3.8, 4) is 24.0 Å². The van der Waals surface area contributed by atoms with Gasteiger partial charge in [0.25, 0.3) is 0 Å². The summed E-state index contributed by atoms with van der Waals surface area (Å²) in [5, 5.41) is 30.0. The Hall–Kier alpha value is -4.01. The lowest BCUT2D eigenvalue weighted by Crippen LogP contribution is -2.42. The van der Waals surface area contributed by atoms with Crippen LogP contribution >= 0.6 is 0 Å². The molecule has 2 N–H and O–H groups in total. The molecule has 0 saturated heterocycles. The van der Waals surface area contributed by atoms with Gasteiger partial charge < -0.3 is 10.5 Å².